The highest BCUT2D eigenvalue weighted by molar-refractivity contribution is 5.82. The van der Waals surface area contributed by atoms with Crippen molar-refractivity contribution in [3.05, 3.63) is 47.8 Å². The van der Waals surface area contributed by atoms with Crippen LogP contribution in [0, 0.1) is 6.92 Å². The number of aryl methyl sites for hydroxylation is 1. The molecule has 1 heterocycles. The molecule has 1 aromatic carbocycles. The zero-order chi connectivity index (χ0) is 16.7. The fraction of sp³-hybridized carbons (Fsp3) is 0.375. The maximum atomic E-state index is 12.5. The molecule has 0 aliphatic heterocycles. The van der Waals surface area contributed by atoms with Crippen LogP contribution in [0.15, 0.2) is 36.5 Å². The van der Waals surface area contributed by atoms with E-state index < -0.39 is 5.97 Å². The molecule has 2 rings (SSSR count). The lowest BCUT2D eigenvalue weighted by molar-refractivity contribution is -0.149. The average molecular weight is 316 g/mol. The molecular formula is C16H20N4O3. The fourth-order valence-electron chi connectivity index (χ4n) is 2.09. The smallest absolute Gasteiger partial charge is 0.325 e. The highest BCUT2D eigenvalue weighted by Gasteiger charge is 2.19. The van der Waals surface area contributed by atoms with Crippen molar-refractivity contribution in [3.8, 4) is 0 Å². The Hall–Kier alpha value is -2.70. The summed E-state index contributed by atoms with van der Waals surface area (Å²) in [6.45, 7) is 4.13. The van der Waals surface area contributed by atoms with Gasteiger partial charge in [-0.3, -0.25) is 9.59 Å². The predicted octanol–water partition coefficient (Wildman–Crippen LogP) is 1.18. The normalized spacial score (nSPS) is 10.3. The van der Waals surface area contributed by atoms with Crippen molar-refractivity contribution in [2.45, 2.75) is 26.9 Å². The SMILES string of the molecule is CCOC(=O)CN(Cc1ccccc1)C(=O)Cn1nncc1C. The summed E-state index contributed by atoms with van der Waals surface area (Å²) >= 11 is 0. The van der Waals surface area contributed by atoms with E-state index in [1.54, 1.807) is 13.1 Å². The second kappa shape index (κ2) is 8.07. The van der Waals surface area contributed by atoms with Gasteiger partial charge in [-0.15, -0.1) is 5.10 Å². The number of amides is 1. The molecule has 0 N–H and O–H groups in total. The zero-order valence-corrected chi connectivity index (χ0v) is 13.3. The minimum Gasteiger partial charge on any atom is -0.465 e. The van der Waals surface area contributed by atoms with Gasteiger partial charge in [0.1, 0.15) is 13.1 Å². The van der Waals surface area contributed by atoms with Crippen LogP contribution in [0.25, 0.3) is 0 Å². The summed E-state index contributed by atoms with van der Waals surface area (Å²) in [4.78, 5) is 25.8. The third-order valence-corrected chi connectivity index (χ3v) is 3.29. The molecule has 7 nitrogen and oxygen atoms in total. The van der Waals surface area contributed by atoms with Crippen molar-refractivity contribution >= 4 is 11.9 Å². The number of hydrogen-bond acceptors (Lipinski definition) is 5. The first-order valence-corrected chi connectivity index (χ1v) is 7.42. The second-order valence-corrected chi connectivity index (χ2v) is 5.07. The van der Waals surface area contributed by atoms with Gasteiger partial charge in [0.2, 0.25) is 5.91 Å². The predicted molar refractivity (Wildman–Crippen MR) is 83.3 cm³/mol. The van der Waals surface area contributed by atoms with Crippen molar-refractivity contribution in [2.75, 3.05) is 13.2 Å². The number of esters is 1. The second-order valence-electron chi connectivity index (χ2n) is 5.07. The summed E-state index contributed by atoms with van der Waals surface area (Å²) in [6, 6.07) is 9.51. The first kappa shape index (κ1) is 16.7. The van der Waals surface area contributed by atoms with Gasteiger partial charge in [0.15, 0.2) is 0 Å². The molecule has 0 unspecified atom stereocenters. The lowest BCUT2D eigenvalue weighted by atomic mass is 10.2. The Labute approximate surface area is 134 Å². The van der Waals surface area contributed by atoms with E-state index in [0.29, 0.717) is 6.54 Å². The van der Waals surface area contributed by atoms with E-state index in [2.05, 4.69) is 10.3 Å². The number of ether oxygens (including phenoxy) is 1. The quantitative estimate of drug-likeness (QED) is 0.717. The highest BCUT2D eigenvalue weighted by atomic mass is 16.5. The standard InChI is InChI=1S/C16H20N4O3/c1-3-23-16(22)12-19(10-14-7-5-4-6-8-14)15(21)11-20-13(2)9-17-18-20/h4-9H,3,10-12H2,1-2H3. The van der Waals surface area contributed by atoms with Gasteiger partial charge in [-0.05, 0) is 19.4 Å². The van der Waals surface area contributed by atoms with Crippen LogP contribution in [0.1, 0.15) is 18.2 Å². The van der Waals surface area contributed by atoms with Crippen LogP contribution in [0.5, 0.6) is 0 Å². The maximum Gasteiger partial charge on any atom is 0.325 e. The van der Waals surface area contributed by atoms with Crippen LogP contribution in [-0.2, 0) is 27.4 Å². The van der Waals surface area contributed by atoms with Gasteiger partial charge in [0.05, 0.1) is 18.5 Å². The Balaban J connectivity index is 2.09. The van der Waals surface area contributed by atoms with Crippen LogP contribution >= 0.6 is 0 Å². The Morgan fingerprint density at radius 2 is 2.00 bits per heavy atom. The molecule has 0 radical (unpaired) electrons. The van der Waals surface area contributed by atoms with Gasteiger partial charge in [0, 0.05) is 6.54 Å². The topological polar surface area (TPSA) is 77.3 Å². The number of carbonyl (C=O) groups excluding carboxylic acids is 2. The molecule has 23 heavy (non-hydrogen) atoms. The average Bonchev–Trinajstić information content (AvgIpc) is 2.93. The Kier molecular flexibility index (Phi) is 5.85. The number of hydrogen-bond donors (Lipinski definition) is 0. The van der Waals surface area contributed by atoms with Crippen LogP contribution in [0.4, 0.5) is 0 Å². The van der Waals surface area contributed by atoms with E-state index in [1.807, 2.05) is 37.3 Å². The minimum atomic E-state index is -0.424. The molecule has 122 valence electrons. The summed E-state index contributed by atoms with van der Waals surface area (Å²) in [7, 11) is 0. The summed E-state index contributed by atoms with van der Waals surface area (Å²) in [5.41, 5.74) is 1.73. The van der Waals surface area contributed by atoms with Crippen molar-refractivity contribution < 1.29 is 14.3 Å². The van der Waals surface area contributed by atoms with E-state index in [-0.39, 0.29) is 25.6 Å². The highest BCUT2D eigenvalue weighted by Crippen LogP contribution is 2.07. The number of carbonyl (C=O) groups is 2. The molecule has 7 heteroatoms. The van der Waals surface area contributed by atoms with Gasteiger partial charge in [-0.1, -0.05) is 35.5 Å². The van der Waals surface area contributed by atoms with Gasteiger partial charge >= 0.3 is 5.97 Å². The summed E-state index contributed by atoms with van der Waals surface area (Å²) in [6.07, 6.45) is 1.58. The van der Waals surface area contributed by atoms with E-state index >= 15 is 0 Å². The Morgan fingerprint density at radius 3 is 2.61 bits per heavy atom. The molecule has 0 bridgehead atoms. The van der Waals surface area contributed by atoms with E-state index in [9.17, 15) is 9.59 Å². The Bertz CT molecular complexity index is 654. The number of benzene rings is 1. The Morgan fingerprint density at radius 1 is 1.26 bits per heavy atom. The van der Waals surface area contributed by atoms with Crippen LogP contribution in [0.3, 0.4) is 0 Å². The van der Waals surface area contributed by atoms with Gasteiger partial charge < -0.3 is 9.64 Å². The third-order valence-electron chi connectivity index (χ3n) is 3.29. The molecular weight excluding hydrogens is 296 g/mol. The summed E-state index contributed by atoms with van der Waals surface area (Å²) < 4.78 is 6.46. The van der Waals surface area contributed by atoms with Gasteiger partial charge in [0.25, 0.3) is 0 Å². The third kappa shape index (κ3) is 4.91. The molecule has 0 aliphatic carbocycles. The molecule has 1 aromatic heterocycles. The van der Waals surface area contributed by atoms with Crippen molar-refractivity contribution in [1.82, 2.24) is 19.9 Å². The largest absolute Gasteiger partial charge is 0.465 e. The van der Waals surface area contributed by atoms with E-state index in [4.69, 9.17) is 4.74 Å². The molecule has 0 aliphatic rings. The molecule has 0 saturated heterocycles. The van der Waals surface area contributed by atoms with E-state index in [0.717, 1.165) is 11.3 Å². The monoisotopic (exact) mass is 316 g/mol. The molecule has 2 aromatic rings. The van der Waals surface area contributed by atoms with Crippen LogP contribution in [0.2, 0.25) is 0 Å². The van der Waals surface area contributed by atoms with Crippen molar-refractivity contribution in [2.24, 2.45) is 0 Å². The van der Waals surface area contributed by atoms with Crippen LogP contribution < -0.4 is 0 Å². The molecule has 0 fully saturated rings. The van der Waals surface area contributed by atoms with E-state index in [1.165, 1.54) is 9.58 Å². The fourth-order valence-corrected chi connectivity index (χ4v) is 2.09. The van der Waals surface area contributed by atoms with Gasteiger partial charge in [-0.25, -0.2) is 4.68 Å². The summed E-state index contributed by atoms with van der Waals surface area (Å²) in [5.74, 6) is -0.636. The van der Waals surface area contributed by atoms with Crippen molar-refractivity contribution in [1.29, 1.82) is 0 Å². The lowest BCUT2D eigenvalue weighted by Gasteiger charge is -2.22. The number of nitrogens with zero attached hydrogens (tertiary/aromatic N) is 4. The lowest BCUT2D eigenvalue weighted by Crippen LogP contribution is -2.38. The first-order valence-electron chi connectivity index (χ1n) is 7.42. The first-order chi connectivity index (χ1) is 11.1. The number of rotatable bonds is 7. The molecule has 0 spiro atoms. The van der Waals surface area contributed by atoms with Crippen LogP contribution in [-0.4, -0.2) is 44.9 Å². The molecule has 0 atom stereocenters. The molecule has 1 amide bonds. The summed E-state index contributed by atoms with van der Waals surface area (Å²) in [5, 5.41) is 7.62. The van der Waals surface area contributed by atoms with Crippen molar-refractivity contribution in [3.63, 3.8) is 0 Å². The van der Waals surface area contributed by atoms with Gasteiger partial charge in [-0.2, -0.15) is 0 Å². The zero-order valence-electron chi connectivity index (χ0n) is 13.3. The maximum absolute atomic E-state index is 12.5. The number of aromatic nitrogens is 3. The minimum absolute atomic E-state index is 0.0398. The molecule has 0 saturated carbocycles.